The lowest BCUT2D eigenvalue weighted by Crippen LogP contribution is -2.14. The molecule has 8 nitrogen and oxygen atoms in total. The normalized spacial score (nSPS) is 11.3. The number of carboxylic acid groups (broad SMARTS) is 1. The maximum absolute atomic E-state index is 13.2. The van der Waals surface area contributed by atoms with Crippen molar-refractivity contribution in [2.24, 2.45) is 5.16 Å². The van der Waals surface area contributed by atoms with Crippen molar-refractivity contribution in [1.82, 2.24) is 5.16 Å². The second kappa shape index (κ2) is 10.9. The van der Waals surface area contributed by atoms with Crippen LogP contribution >= 0.6 is 0 Å². The second-order valence-electron chi connectivity index (χ2n) is 6.79. The zero-order chi connectivity index (χ0) is 22.9. The molecular formula is C23H24FN3O5. The first-order chi connectivity index (χ1) is 15.5. The van der Waals surface area contributed by atoms with Gasteiger partial charge in [0, 0.05) is 23.9 Å². The number of nitrogens with zero attached hydrogens (tertiary/aromatic N) is 2. The van der Waals surface area contributed by atoms with Crippen LogP contribution in [0.3, 0.4) is 0 Å². The molecule has 0 aliphatic rings. The minimum atomic E-state index is -1.06. The number of anilines is 1. The van der Waals surface area contributed by atoms with Crippen LogP contribution in [0.15, 0.2) is 58.2 Å². The summed E-state index contributed by atoms with van der Waals surface area (Å²) in [6.07, 6.45) is 0.767. The van der Waals surface area contributed by atoms with E-state index in [1.165, 1.54) is 18.2 Å². The molecule has 168 valence electrons. The third-order valence-corrected chi connectivity index (χ3v) is 4.37. The van der Waals surface area contributed by atoms with E-state index in [1.807, 2.05) is 13.8 Å². The summed E-state index contributed by atoms with van der Waals surface area (Å²) in [5.41, 5.74) is 2.13. The summed E-state index contributed by atoms with van der Waals surface area (Å²) in [7, 11) is 0. The molecule has 0 fully saturated rings. The van der Waals surface area contributed by atoms with Crippen LogP contribution in [0.25, 0.3) is 11.3 Å². The number of aromatic nitrogens is 1. The number of hydrogen-bond acceptors (Lipinski definition) is 7. The van der Waals surface area contributed by atoms with Crippen LogP contribution in [-0.2, 0) is 4.84 Å². The van der Waals surface area contributed by atoms with E-state index >= 15 is 0 Å². The van der Waals surface area contributed by atoms with Gasteiger partial charge < -0.3 is 24.5 Å². The molecule has 2 N–H and O–H groups in total. The first-order valence-electron chi connectivity index (χ1n) is 10.2. The highest BCUT2D eigenvalue weighted by molar-refractivity contribution is 6.00. The molecule has 9 heteroatoms. The van der Waals surface area contributed by atoms with Crippen LogP contribution in [0.1, 0.15) is 36.4 Å². The lowest BCUT2D eigenvalue weighted by molar-refractivity contribution is 0.0697. The Hall–Kier alpha value is -3.88. The lowest BCUT2D eigenvalue weighted by Gasteiger charge is -2.11. The molecule has 3 aromatic rings. The standard InChI is InChI=1S/C23H24FN3O5/c1-3-11-31-26-21(22-13-20(27-32-22)15-5-7-16(24)8-6-15)14-30-17-9-10-19(25-4-2)18(12-17)23(28)29/h5-10,12-13,25H,3-4,11,14H2,1-2H3,(H,28,29)/b26-21+. The van der Waals surface area contributed by atoms with Crippen molar-refractivity contribution < 1.29 is 28.4 Å². The Balaban J connectivity index is 1.80. The van der Waals surface area contributed by atoms with E-state index in [4.69, 9.17) is 14.1 Å². The largest absolute Gasteiger partial charge is 0.487 e. The van der Waals surface area contributed by atoms with Gasteiger partial charge in [0.1, 0.15) is 30.5 Å². The first-order valence-corrected chi connectivity index (χ1v) is 10.2. The van der Waals surface area contributed by atoms with E-state index in [2.05, 4.69) is 15.6 Å². The highest BCUT2D eigenvalue weighted by atomic mass is 19.1. The van der Waals surface area contributed by atoms with Gasteiger partial charge in [0.2, 0.25) is 0 Å². The Labute approximate surface area is 184 Å². The van der Waals surface area contributed by atoms with Gasteiger partial charge in [0.05, 0.1) is 5.56 Å². The van der Waals surface area contributed by atoms with Gasteiger partial charge in [-0.15, -0.1) is 0 Å². The van der Waals surface area contributed by atoms with Crippen LogP contribution in [0.4, 0.5) is 10.1 Å². The Morgan fingerprint density at radius 1 is 1.19 bits per heavy atom. The Morgan fingerprint density at radius 3 is 2.66 bits per heavy atom. The maximum Gasteiger partial charge on any atom is 0.337 e. The fraction of sp³-hybridized carbons (Fsp3) is 0.261. The summed E-state index contributed by atoms with van der Waals surface area (Å²) in [6.45, 7) is 4.79. The topological polar surface area (TPSA) is 106 Å². The average molecular weight is 441 g/mol. The van der Waals surface area contributed by atoms with Crippen molar-refractivity contribution in [3.05, 3.63) is 65.7 Å². The zero-order valence-electron chi connectivity index (χ0n) is 17.8. The molecule has 32 heavy (non-hydrogen) atoms. The summed E-state index contributed by atoms with van der Waals surface area (Å²) < 4.78 is 24.4. The minimum absolute atomic E-state index is 0.0403. The summed E-state index contributed by atoms with van der Waals surface area (Å²) in [5.74, 6) is -0.735. The minimum Gasteiger partial charge on any atom is -0.487 e. The number of ether oxygens (including phenoxy) is 1. The first kappa shape index (κ1) is 22.8. The van der Waals surface area contributed by atoms with Crippen molar-refractivity contribution >= 4 is 17.4 Å². The van der Waals surface area contributed by atoms with E-state index in [0.29, 0.717) is 47.3 Å². The lowest BCUT2D eigenvalue weighted by atomic mass is 10.1. The molecule has 0 saturated carbocycles. The Bertz CT molecular complexity index is 1080. The molecule has 0 bridgehead atoms. The number of nitrogens with one attached hydrogen (secondary N) is 1. The predicted octanol–water partition coefficient (Wildman–Crippen LogP) is 4.82. The van der Waals surface area contributed by atoms with Gasteiger partial charge in [0.15, 0.2) is 11.5 Å². The number of oxime groups is 1. The van der Waals surface area contributed by atoms with Crippen molar-refractivity contribution in [1.29, 1.82) is 0 Å². The van der Waals surface area contributed by atoms with Crippen molar-refractivity contribution in [2.45, 2.75) is 20.3 Å². The number of aromatic carboxylic acids is 1. The van der Waals surface area contributed by atoms with Gasteiger partial charge >= 0.3 is 5.97 Å². The Morgan fingerprint density at radius 2 is 1.97 bits per heavy atom. The molecule has 0 radical (unpaired) electrons. The van der Waals surface area contributed by atoms with Gasteiger partial charge in [-0.2, -0.15) is 0 Å². The summed E-state index contributed by atoms with van der Waals surface area (Å²) >= 11 is 0. The van der Waals surface area contributed by atoms with Crippen molar-refractivity contribution in [3.8, 4) is 17.0 Å². The monoisotopic (exact) mass is 441 g/mol. The fourth-order valence-corrected chi connectivity index (χ4v) is 2.81. The van der Waals surface area contributed by atoms with E-state index < -0.39 is 5.97 Å². The van der Waals surface area contributed by atoms with E-state index in [0.717, 1.165) is 6.42 Å². The van der Waals surface area contributed by atoms with E-state index in [9.17, 15) is 14.3 Å². The molecule has 0 atom stereocenters. The van der Waals surface area contributed by atoms with E-state index in [1.54, 1.807) is 30.3 Å². The van der Waals surface area contributed by atoms with Crippen LogP contribution in [0.2, 0.25) is 0 Å². The predicted molar refractivity (Wildman–Crippen MR) is 118 cm³/mol. The van der Waals surface area contributed by atoms with Crippen LogP contribution in [0, 0.1) is 5.82 Å². The molecule has 0 aliphatic heterocycles. The second-order valence-corrected chi connectivity index (χ2v) is 6.79. The number of hydrogen-bond donors (Lipinski definition) is 2. The molecule has 0 amide bonds. The molecule has 0 saturated heterocycles. The molecule has 0 spiro atoms. The maximum atomic E-state index is 13.2. The highest BCUT2D eigenvalue weighted by Gasteiger charge is 2.16. The molecule has 0 aliphatic carbocycles. The van der Waals surface area contributed by atoms with Gasteiger partial charge in [0.25, 0.3) is 0 Å². The quantitative estimate of drug-likeness (QED) is 0.250. The number of rotatable bonds is 11. The third-order valence-electron chi connectivity index (χ3n) is 4.37. The average Bonchev–Trinajstić information content (AvgIpc) is 3.27. The number of carboxylic acids is 1. The fourth-order valence-electron chi connectivity index (χ4n) is 2.81. The van der Waals surface area contributed by atoms with Gasteiger partial charge in [-0.25, -0.2) is 9.18 Å². The SMILES string of the molecule is CCCO/N=C(\COc1ccc(NCC)c(C(=O)O)c1)c1cc(-c2ccc(F)cc2)no1. The Kier molecular flexibility index (Phi) is 7.80. The number of carbonyl (C=O) groups is 1. The summed E-state index contributed by atoms with van der Waals surface area (Å²) in [5, 5.41) is 20.6. The highest BCUT2D eigenvalue weighted by Crippen LogP contribution is 2.24. The van der Waals surface area contributed by atoms with Gasteiger partial charge in [-0.1, -0.05) is 17.2 Å². The molecule has 3 rings (SSSR count). The van der Waals surface area contributed by atoms with Crippen LogP contribution < -0.4 is 10.1 Å². The van der Waals surface area contributed by atoms with Crippen LogP contribution in [0.5, 0.6) is 5.75 Å². The van der Waals surface area contributed by atoms with Gasteiger partial charge in [-0.05, 0) is 55.8 Å². The summed E-state index contributed by atoms with van der Waals surface area (Å²) in [6, 6.07) is 12.3. The number of halogens is 1. The van der Waals surface area contributed by atoms with Crippen molar-refractivity contribution in [2.75, 3.05) is 25.1 Å². The third kappa shape index (κ3) is 5.84. The van der Waals surface area contributed by atoms with Crippen LogP contribution in [-0.4, -0.2) is 41.7 Å². The molecule has 2 aromatic carbocycles. The molecule has 1 heterocycles. The smallest absolute Gasteiger partial charge is 0.337 e. The van der Waals surface area contributed by atoms with E-state index in [-0.39, 0.29) is 18.0 Å². The van der Waals surface area contributed by atoms with Gasteiger partial charge in [-0.3, -0.25) is 0 Å². The van der Waals surface area contributed by atoms with Crippen molar-refractivity contribution in [3.63, 3.8) is 0 Å². The molecular weight excluding hydrogens is 417 g/mol. The summed E-state index contributed by atoms with van der Waals surface area (Å²) in [4.78, 5) is 16.9. The zero-order valence-corrected chi connectivity index (χ0v) is 17.8. The molecule has 0 unspecified atom stereocenters. The molecule has 1 aromatic heterocycles. The number of benzene rings is 2.